The molecule has 0 heterocycles. The minimum Gasteiger partial charge on any atom is -0.449 e. The highest BCUT2D eigenvalue weighted by atomic mass is 32.2. The summed E-state index contributed by atoms with van der Waals surface area (Å²) in [6.45, 7) is 4.25. The highest BCUT2D eigenvalue weighted by Gasteiger charge is 2.29. The standard InChI is InChI=1S/C31H27NO3S/c1-20-15-16-30(36-29-14-8-3-9-22(29)18-33)27(17-20)21(2)32-31(34)35-19-28-25-12-6-4-10-23(25)24-11-5-7-13-26(24)28/h3-18,21,28H,19H2,1-2H3,(H,32,34)/t21-/m0/s1. The van der Waals surface area contributed by atoms with Crippen molar-refractivity contribution in [1.82, 2.24) is 5.32 Å². The fourth-order valence-electron chi connectivity index (χ4n) is 4.78. The molecule has 0 aliphatic heterocycles. The normalized spacial score (nSPS) is 12.9. The quantitative estimate of drug-likeness (QED) is 0.270. The summed E-state index contributed by atoms with van der Waals surface area (Å²) in [6.07, 6.45) is 0.421. The van der Waals surface area contributed by atoms with Crippen LogP contribution in [0.25, 0.3) is 11.1 Å². The molecular formula is C31H27NO3S. The summed E-state index contributed by atoms with van der Waals surface area (Å²) >= 11 is 1.52. The molecule has 1 N–H and O–H groups in total. The largest absolute Gasteiger partial charge is 0.449 e. The van der Waals surface area contributed by atoms with Crippen LogP contribution in [0.1, 0.15) is 51.5 Å². The molecule has 0 aromatic heterocycles. The Hall–Kier alpha value is -3.83. The molecule has 1 amide bonds. The first-order valence-corrected chi connectivity index (χ1v) is 12.8. The van der Waals surface area contributed by atoms with E-state index < -0.39 is 6.09 Å². The monoisotopic (exact) mass is 493 g/mol. The molecule has 36 heavy (non-hydrogen) atoms. The number of aryl methyl sites for hydroxylation is 1. The molecule has 1 atom stereocenters. The lowest BCUT2D eigenvalue weighted by Gasteiger charge is -2.20. The fraction of sp³-hybridized carbons (Fsp3) is 0.161. The van der Waals surface area contributed by atoms with Crippen LogP contribution in [0.2, 0.25) is 0 Å². The van der Waals surface area contributed by atoms with E-state index in [0.29, 0.717) is 5.56 Å². The lowest BCUT2D eigenvalue weighted by Crippen LogP contribution is -2.29. The Morgan fingerprint density at radius 1 is 0.917 bits per heavy atom. The molecule has 0 saturated carbocycles. The average Bonchev–Trinajstić information content (AvgIpc) is 3.22. The van der Waals surface area contributed by atoms with Crippen molar-refractivity contribution in [2.45, 2.75) is 35.6 Å². The van der Waals surface area contributed by atoms with E-state index in [1.165, 1.54) is 34.0 Å². The SMILES string of the molecule is Cc1ccc(Sc2ccccc2C=O)c([C@H](C)NC(=O)OCC2c3ccccc3-c3ccccc32)c1. The zero-order chi connectivity index (χ0) is 25.1. The average molecular weight is 494 g/mol. The predicted molar refractivity (Wildman–Crippen MR) is 144 cm³/mol. The third-order valence-electron chi connectivity index (χ3n) is 6.58. The maximum absolute atomic E-state index is 12.9. The molecule has 0 saturated heterocycles. The molecule has 0 fully saturated rings. The first kappa shape index (κ1) is 23.9. The van der Waals surface area contributed by atoms with Crippen molar-refractivity contribution in [1.29, 1.82) is 0 Å². The lowest BCUT2D eigenvalue weighted by molar-refractivity contribution is 0.112. The molecule has 0 radical (unpaired) electrons. The number of ether oxygens (including phenoxy) is 1. The van der Waals surface area contributed by atoms with Gasteiger partial charge in [-0.25, -0.2) is 4.79 Å². The van der Waals surface area contributed by atoms with E-state index in [1.807, 2.05) is 74.5 Å². The number of hydrogen-bond donors (Lipinski definition) is 1. The summed E-state index contributed by atoms with van der Waals surface area (Å²) in [7, 11) is 0. The van der Waals surface area contributed by atoms with Crippen molar-refractivity contribution >= 4 is 24.1 Å². The Morgan fingerprint density at radius 2 is 1.56 bits per heavy atom. The molecule has 0 spiro atoms. The van der Waals surface area contributed by atoms with Gasteiger partial charge < -0.3 is 10.1 Å². The third-order valence-corrected chi connectivity index (χ3v) is 7.76. The van der Waals surface area contributed by atoms with E-state index in [2.05, 4.69) is 35.6 Å². The van der Waals surface area contributed by atoms with E-state index in [0.717, 1.165) is 27.2 Å². The van der Waals surface area contributed by atoms with Crippen molar-refractivity contribution in [2.24, 2.45) is 0 Å². The number of alkyl carbamates (subject to hydrolysis) is 1. The zero-order valence-electron chi connectivity index (χ0n) is 20.2. The molecule has 1 aliphatic rings. The van der Waals surface area contributed by atoms with Gasteiger partial charge in [0.05, 0.1) is 6.04 Å². The summed E-state index contributed by atoms with van der Waals surface area (Å²) in [6, 6.07) is 30.0. The fourth-order valence-corrected chi connectivity index (χ4v) is 5.89. The topological polar surface area (TPSA) is 55.4 Å². The zero-order valence-corrected chi connectivity index (χ0v) is 21.0. The number of nitrogens with one attached hydrogen (secondary N) is 1. The minimum absolute atomic E-state index is 0.0170. The molecule has 4 aromatic rings. The Bertz CT molecular complexity index is 1390. The number of hydrogen-bond acceptors (Lipinski definition) is 4. The van der Waals surface area contributed by atoms with E-state index in [-0.39, 0.29) is 18.6 Å². The summed E-state index contributed by atoms with van der Waals surface area (Å²) < 4.78 is 5.75. The Kier molecular flexibility index (Phi) is 6.92. The number of carbonyl (C=O) groups is 2. The summed E-state index contributed by atoms with van der Waals surface area (Å²) in [4.78, 5) is 26.2. The second kappa shape index (κ2) is 10.4. The highest BCUT2D eigenvalue weighted by Crippen LogP contribution is 2.44. The first-order chi connectivity index (χ1) is 17.5. The van der Waals surface area contributed by atoms with Crippen LogP contribution in [-0.2, 0) is 4.74 Å². The van der Waals surface area contributed by atoms with Gasteiger partial charge in [0.25, 0.3) is 0 Å². The van der Waals surface area contributed by atoms with Gasteiger partial charge in [0.15, 0.2) is 6.29 Å². The van der Waals surface area contributed by atoms with Gasteiger partial charge in [-0.3, -0.25) is 4.79 Å². The van der Waals surface area contributed by atoms with E-state index in [1.54, 1.807) is 0 Å². The highest BCUT2D eigenvalue weighted by molar-refractivity contribution is 7.99. The van der Waals surface area contributed by atoms with Crippen LogP contribution in [0.4, 0.5) is 4.79 Å². The molecular weight excluding hydrogens is 466 g/mol. The van der Waals surface area contributed by atoms with Crippen LogP contribution >= 0.6 is 11.8 Å². The smallest absolute Gasteiger partial charge is 0.407 e. The first-order valence-electron chi connectivity index (χ1n) is 12.0. The van der Waals surface area contributed by atoms with Crippen LogP contribution in [0, 0.1) is 6.92 Å². The molecule has 5 heteroatoms. The second-order valence-corrected chi connectivity index (χ2v) is 10.1. The summed E-state index contributed by atoms with van der Waals surface area (Å²) in [5.41, 5.74) is 7.50. The van der Waals surface area contributed by atoms with E-state index >= 15 is 0 Å². The number of aldehydes is 1. The van der Waals surface area contributed by atoms with Crippen molar-refractivity contribution in [3.63, 3.8) is 0 Å². The van der Waals surface area contributed by atoms with Gasteiger partial charge in [-0.05, 0) is 53.8 Å². The van der Waals surface area contributed by atoms with E-state index in [4.69, 9.17) is 4.74 Å². The summed E-state index contributed by atoms with van der Waals surface area (Å²) in [5.74, 6) is 0.0170. The lowest BCUT2D eigenvalue weighted by atomic mass is 9.98. The third kappa shape index (κ3) is 4.79. The van der Waals surface area contributed by atoms with Gasteiger partial charge in [0.2, 0.25) is 0 Å². The molecule has 0 bridgehead atoms. The number of benzene rings is 4. The van der Waals surface area contributed by atoms with Gasteiger partial charge in [-0.15, -0.1) is 0 Å². The molecule has 0 unspecified atom stereocenters. The van der Waals surface area contributed by atoms with Crippen molar-refractivity contribution in [3.05, 3.63) is 119 Å². The Morgan fingerprint density at radius 3 is 2.25 bits per heavy atom. The van der Waals surface area contributed by atoms with Crippen LogP contribution in [0.3, 0.4) is 0 Å². The second-order valence-electron chi connectivity index (χ2n) is 8.99. The number of rotatable bonds is 7. The molecule has 1 aliphatic carbocycles. The molecule has 4 aromatic carbocycles. The molecule has 4 nitrogen and oxygen atoms in total. The number of amides is 1. The van der Waals surface area contributed by atoms with Gasteiger partial charge in [-0.1, -0.05) is 96.2 Å². The minimum atomic E-state index is -0.449. The summed E-state index contributed by atoms with van der Waals surface area (Å²) in [5, 5.41) is 3.01. The Labute approximate surface area is 215 Å². The number of carbonyl (C=O) groups excluding carboxylic acids is 2. The molecule has 180 valence electrons. The maximum Gasteiger partial charge on any atom is 0.407 e. The van der Waals surface area contributed by atoms with E-state index in [9.17, 15) is 9.59 Å². The van der Waals surface area contributed by atoms with Gasteiger partial charge in [-0.2, -0.15) is 0 Å². The number of fused-ring (bicyclic) bond motifs is 3. The van der Waals surface area contributed by atoms with Crippen LogP contribution < -0.4 is 5.32 Å². The molecule has 5 rings (SSSR count). The van der Waals surface area contributed by atoms with Crippen molar-refractivity contribution in [3.8, 4) is 11.1 Å². The van der Waals surface area contributed by atoms with Gasteiger partial charge >= 0.3 is 6.09 Å². The van der Waals surface area contributed by atoms with Crippen LogP contribution in [0.15, 0.2) is 101 Å². The van der Waals surface area contributed by atoms with Crippen molar-refractivity contribution < 1.29 is 14.3 Å². The van der Waals surface area contributed by atoms with Crippen molar-refractivity contribution in [2.75, 3.05) is 6.61 Å². The predicted octanol–water partition coefficient (Wildman–Crippen LogP) is 7.56. The van der Waals surface area contributed by atoms with Crippen LogP contribution in [0.5, 0.6) is 0 Å². The van der Waals surface area contributed by atoms with Gasteiger partial charge in [0, 0.05) is 21.3 Å². The maximum atomic E-state index is 12.9. The van der Waals surface area contributed by atoms with Crippen LogP contribution in [-0.4, -0.2) is 19.0 Å². The Balaban J connectivity index is 1.30. The van der Waals surface area contributed by atoms with Gasteiger partial charge in [0.1, 0.15) is 6.61 Å².